The van der Waals surface area contributed by atoms with Crippen LogP contribution in [0.25, 0.3) is 0 Å². The fourth-order valence-electron chi connectivity index (χ4n) is 2.38. The molecule has 0 heterocycles. The van der Waals surface area contributed by atoms with E-state index in [0.717, 1.165) is 0 Å². The molecule has 0 radical (unpaired) electrons. The molecule has 0 aromatic heterocycles. The number of hydrogen-bond acceptors (Lipinski definition) is 4. The lowest BCUT2D eigenvalue weighted by atomic mass is 10.2. The lowest BCUT2D eigenvalue weighted by molar-refractivity contribution is -0.737. The first-order chi connectivity index (χ1) is 13.6. The molecule has 8 N–H and O–H groups in total. The molecule has 0 bridgehead atoms. The van der Waals surface area contributed by atoms with Crippen molar-refractivity contribution in [2.45, 2.75) is 0 Å². The maximum Gasteiger partial charge on any atom is 0.311 e. The Hall–Kier alpha value is -4.20. The second kappa shape index (κ2) is 8.45. The second-order valence-corrected chi connectivity index (χ2v) is 5.78. The van der Waals surface area contributed by atoms with E-state index < -0.39 is 0 Å². The Morgan fingerprint density at radius 3 is 1.04 bits per heavy atom. The lowest BCUT2D eigenvalue weighted by Gasteiger charge is -2.09. The third kappa shape index (κ3) is 4.50. The summed E-state index contributed by atoms with van der Waals surface area (Å²) in [6.07, 6.45) is 0. The molecule has 0 unspecified atom stereocenters. The Balaban J connectivity index is 1.63. The van der Waals surface area contributed by atoms with Crippen molar-refractivity contribution >= 4 is 11.7 Å². The highest BCUT2D eigenvalue weighted by atomic mass is 16.5. The minimum atomic E-state index is 0.161. The van der Waals surface area contributed by atoms with Crippen molar-refractivity contribution in [3.05, 3.63) is 83.9 Å². The molecule has 0 spiro atoms. The normalized spacial score (nSPS) is 11.9. The lowest BCUT2D eigenvalue weighted by Crippen LogP contribution is -2.71. The standard InChI is InChI=1S/C20H18N4O4/c21-19(23-25)13-1-5-15(6-2-13)27-17-9-11-18(12-10-17)28-16-7-3-14(4-8-16)20(22)24-26/h1-12,25-26H,(H2,21,23)(H2,22,24)/p+2. The molecule has 3 aromatic carbocycles. The zero-order valence-corrected chi connectivity index (χ0v) is 14.8. The Morgan fingerprint density at radius 2 is 0.786 bits per heavy atom. The summed E-state index contributed by atoms with van der Waals surface area (Å²) in [6.45, 7) is 0. The summed E-state index contributed by atoms with van der Waals surface area (Å²) in [7, 11) is 0. The molecule has 3 rings (SSSR count). The van der Waals surface area contributed by atoms with Gasteiger partial charge < -0.3 is 19.9 Å². The molecule has 142 valence electrons. The number of amidine groups is 2. The van der Waals surface area contributed by atoms with E-state index in [1.807, 2.05) is 10.3 Å². The summed E-state index contributed by atoms with van der Waals surface area (Å²) >= 11 is 0. The van der Waals surface area contributed by atoms with Gasteiger partial charge in [-0.3, -0.25) is 11.5 Å². The number of hydrogen-bond donors (Lipinski definition) is 6. The van der Waals surface area contributed by atoms with Crippen LogP contribution in [0, 0.1) is 0 Å². The minimum absolute atomic E-state index is 0.161. The van der Waals surface area contributed by atoms with Gasteiger partial charge >= 0.3 is 11.7 Å². The van der Waals surface area contributed by atoms with E-state index in [0.29, 0.717) is 34.1 Å². The topological polar surface area (TPSA) is 139 Å². The van der Waals surface area contributed by atoms with E-state index in [-0.39, 0.29) is 11.7 Å². The number of nitrogens with two attached hydrogens (primary N) is 2. The fraction of sp³-hybridized carbons (Fsp3) is 0. The molecule has 0 saturated carbocycles. The molecule has 0 aliphatic heterocycles. The summed E-state index contributed by atoms with van der Waals surface area (Å²) < 4.78 is 11.5. The molecule has 8 nitrogen and oxygen atoms in total. The van der Waals surface area contributed by atoms with Crippen LogP contribution in [0.1, 0.15) is 11.1 Å². The van der Waals surface area contributed by atoms with Crippen molar-refractivity contribution in [2.75, 3.05) is 0 Å². The van der Waals surface area contributed by atoms with Gasteiger partial charge in [-0.1, -0.05) is 10.3 Å². The van der Waals surface area contributed by atoms with Crippen molar-refractivity contribution in [2.24, 2.45) is 11.5 Å². The third-order valence-electron chi connectivity index (χ3n) is 3.87. The van der Waals surface area contributed by atoms with Gasteiger partial charge in [0, 0.05) is 0 Å². The Kier molecular flexibility index (Phi) is 5.61. The van der Waals surface area contributed by atoms with Gasteiger partial charge in [-0.2, -0.15) is 0 Å². The zero-order valence-electron chi connectivity index (χ0n) is 14.8. The van der Waals surface area contributed by atoms with Crippen LogP contribution in [-0.2, 0) is 0 Å². The molecule has 8 heteroatoms. The highest BCUT2D eigenvalue weighted by Gasteiger charge is 2.06. The van der Waals surface area contributed by atoms with Gasteiger partial charge in [0.15, 0.2) is 0 Å². The van der Waals surface area contributed by atoms with E-state index in [1.165, 1.54) is 0 Å². The summed E-state index contributed by atoms with van der Waals surface area (Å²) in [6, 6.07) is 21.0. The zero-order chi connectivity index (χ0) is 19.9. The highest BCUT2D eigenvalue weighted by Crippen LogP contribution is 2.27. The molecule has 0 aliphatic rings. The average Bonchev–Trinajstić information content (AvgIpc) is 2.75. The number of benzene rings is 3. The van der Waals surface area contributed by atoms with Gasteiger partial charge in [0.1, 0.15) is 23.0 Å². The van der Waals surface area contributed by atoms with E-state index >= 15 is 0 Å². The molecule has 0 fully saturated rings. The summed E-state index contributed by atoms with van der Waals surface area (Å²) in [4.78, 5) is 0. The summed E-state index contributed by atoms with van der Waals surface area (Å²) in [5.41, 5.74) is 12.5. The number of ether oxygens (including phenoxy) is 2. The average molecular weight is 380 g/mol. The van der Waals surface area contributed by atoms with Gasteiger partial charge in [-0.15, -0.1) is 0 Å². The number of rotatable bonds is 6. The molecule has 0 amide bonds. The molecule has 0 atom stereocenters. The van der Waals surface area contributed by atoms with Crippen LogP contribution in [0.3, 0.4) is 0 Å². The molecule has 3 aromatic rings. The van der Waals surface area contributed by atoms with E-state index in [9.17, 15) is 0 Å². The highest BCUT2D eigenvalue weighted by molar-refractivity contribution is 5.93. The van der Waals surface area contributed by atoms with Crippen LogP contribution < -0.4 is 31.3 Å². The summed E-state index contributed by atoms with van der Waals surface area (Å²) in [5.74, 6) is 2.87. The second-order valence-electron chi connectivity index (χ2n) is 5.78. The van der Waals surface area contributed by atoms with Crippen molar-refractivity contribution < 1.29 is 30.2 Å². The molecule has 28 heavy (non-hydrogen) atoms. The SMILES string of the molecule is NC(=[NH+]O)c1ccc(Oc2ccc(Oc3ccc(C(N)=[NH+]O)cc3)cc2)cc1. The largest absolute Gasteiger partial charge is 0.457 e. The van der Waals surface area contributed by atoms with E-state index in [2.05, 4.69) is 0 Å². The van der Waals surface area contributed by atoms with Gasteiger partial charge in [0.2, 0.25) is 0 Å². The monoisotopic (exact) mass is 380 g/mol. The first-order valence-corrected chi connectivity index (χ1v) is 8.31. The summed E-state index contributed by atoms with van der Waals surface area (Å²) in [5, 5.41) is 21.4. The quantitative estimate of drug-likeness (QED) is 0.149. The molecular weight excluding hydrogens is 360 g/mol. The van der Waals surface area contributed by atoms with Crippen LogP contribution in [-0.4, -0.2) is 22.1 Å². The first-order valence-electron chi connectivity index (χ1n) is 8.31. The fourth-order valence-corrected chi connectivity index (χ4v) is 2.38. The van der Waals surface area contributed by atoms with Gasteiger partial charge in [-0.25, -0.2) is 0 Å². The number of nitrogen functional groups attached to an aromatic ring is 2. The van der Waals surface area contributed by atoms with Crippen molar-refractivity contribution in [3.63, 3.8) is 0 Å². The van der Waals surface area contributed by atoms with Crippen LogP contribution in [0.2, 0.25) is 0 Å². The minimum Gasteiger partial charge on any atom is -0.457 e. The molecule has 0 aliphatic carbocycles. The Bertz CT molecular complexity index is 900. The smallest absolute Gasteiger partial charge is 0.311 e. The predicted molar refractivity (Wildman–Crippen MR) is 102 cm³/mol. The van der Waals surface area contributed by atoms with E-state index in [1.54, 1.807) is 72.8 Å². The van der Waals surface area contributed by atoms with Crippen LogP contribution in [0.4, 0.5) is 0 Å². The molecular formula is C20H20N4O4+2. The predicted octanol–water partition coefficient (Wildman–Crippen LogP) is -0.379. The van der Waals surface area contributed by atoms with Gasteiger partial charge in [0.25, 0.3) is 0 Å². The Labute approximate surface area is 160 Å². The van der Waals surface area contributed by atoms with Crippen molar-refractivity contribution in [3.8, 4) is 23.0 Å². The first kappa shape index (κ1) is 18.6. The van der Waals surface area contributed by atoms with Crippen molar-refractivity contribution in [1.29, 1.82) is 0 Å². The number of nitrogens with one attached hydrogen (secondary N) is 2. The van der Waals surface area contributed by atoms with Crippen LogP contribution in [0.15, 0.2) is 72.8 Å². The van der Waals surface area contributed by atoms with E-state index in [4.69, 9.17) is 31.4 Å². The van der Waals surface area contributed by atoms with Crippen molar-refractivity contribution in [1.82, 2.24) is 0 Å². The van der Waals surface area contributed by atoms with Crippen LogP contribution in [0.5, 0.6) is 23.0 Å². The maximum absolute atomic E-state index is 8.80. The maximum atomic E-state index is 8.80. The molecule has 0 saturated heterocycles. The van der Waals surface area contributed by atoms with Gasteiger partial charge in [0.05, 0.1) is 11.1 Å². The van der Waals surface area contributed by atoms with Gasteiger partial charge in [-0.05, 0) is 72.8 Å². The third-order valence-corrected chi connectivity index (χ3v) is 3.87. The Morgan fingerprint density at radius 1 is 0.536 bits per heavy atom. The van der Waals surface area contributed by atoms with Crippen LogP contribution >= 0.6 is 0 Å².